The SMILES string of the molecule is O=c1oc2cc(-c3ccncc3)ccc2cc1OCCCNC1CCN(Cc2ccccc2)CC1. The van der Waals surface area contributed by atoms with Crippen LogP contribution in [0.4, 0.5) is 0 Å². The van der Waals surface area contributed by atoms with Crippen LogP contribution < -0.4 is 15.7 Å². The minimum atomic E-state index is -0.442. The summed E-state index contributed by atoms with van der Waals surface area (Å²) in [6.45, 7) is 4.61. The second kappa shape index (κ2) is 11.3. The molecule has 0 bridgehead atoms. The monoisotopic (exact) mass is 469 g/mol. The minimum Gasteiger partial charge on any atom is -0.486 e. The van der Waals surface area contributed by atoms with Crippen molar-refractivity contribution in [1.29, 1.82) is 0 Å². The van der Waals surface area contributed by atoms with E-state index in [1.165, 1.54) is 5.56 Å². The van der Waals surface area contributed by atoms with Crippen LogP contribution in [0.15, 0.2) is 88.3 Å². The van der Waals surface area contributed by atoms with Crippen molar-refractivity contribution in [2.75, 3.05) is 26.2 Å². The largest absolute Gasteiger partial charge is 0.486 e. The summed E-state index contributed by atoms with van der Waals surface area (Å²) < 4.78 is 11.3. The van der Waals surface area contributed by atoms with Crippen LogP contribution in [0.1, 0.15) is 24.8 Å². The van der Waals surface area contributed by atoms with Crippen LogP contribution in [0.2, 0.25) is 0 Å². The first-order valence-corrected chi connectivity index (χ1v) is 12.4. The van der Waals surface area contributed by atoms with Crippen molar-refractivity contribution in [3.05, 3.63) is 95.1 Å². The molecule has 5 rings (SSSR count). The van der Waals surface area contributed by atoms with E-state index in [0.717, 1.165) is 62.0 Å². The molecule has 0 spiro atoms. The van der Waals surface area contributed by atoms with Gasteiger partial charge in [-0.3, -0.25) is 9.88 Å². The highest BCUT2D eigenvalue weighted by atomic mass is 16.5. The normalized spacial score (nSPS) is 14.9. The number of hydrogen-bond donors (Lipinski definition) is 1. The molecule has 2 aromatic heterocycles. The van der Waals surface area contributed by atoms with Gasteiger partial charge in [-0.15, -0.1) is 0 Å². The molecule has 6 heteroatoms. The smallest absolute Gasteiger partial charge is 0.379 e. The molecule has 35 heavy (non-hydrogen) atoms. The molecule has 1 aliphatic rings. The first-order valence-electron chi connectivity index (χ1n) is 12.4. The van der Waals surface area contributed by atoms with Crippen molar-refractivity contribution in [3.63, 3.8) is 0 Å². The number of aromatic nitrogens is 1. The van der Waals surface area contributed by atoms with E-state index in [-0.39, 0.29) is 5.75 Å². The quantitative estimate of drug-likeness (QED) is 0.278. The van der Waals surface area contributed by atoms with Gasteiger partial charge in [-0.2, -0.15) is 0 Å². The summed E-state index contributed by atoms with van der Waals surface area (Å²) >= 11 is 0. The third-order valence-corrected chi connectivity index (χ3v) is 6.57. The standard InChI is InChI=1S/C29H31N3O3/c33-29-28(20-25-8-7-24(19-27(25)35-29)23-9-14-30-15-10-23)34-18-4-13-31-26-11-16-32(17-12-26)21-22-5-2-1-3-6-22/h1-3,5-10,14-15,19-20,26,31H,4,11-13,16-18,21H2. The van der Waals surface area contributed by atoms with Gasteiger partial charge in [-0.25, -0.2) is 4.79 Å². The van der Waals surface area contributed by atoms with Gasteiger partial charge < -0.3 is 14.5 Å². The van der Waals surface area contributed by atoms with E-state index >= 15 is 0 Å². The number of piperidine rings is 1. The molecule has 1 saturated heterocycles. The number of nitrogens with zero attached hydrogens (tertiary/aromatic N) is 2. The third kappa shape index (κ3) is 6.15. The van der Waals surface area contributed by atoms with Gasteiger partial charge in [-0.05, 0) is 79.9 Å². The van der Waals surface area contributed by atoms with Gasteiger partial charge in [0, 0.05) is 30.4 Å². The lowest BCUT2D eigenvalue weighted by Crippen LogP contribution is -2.42. The number of pyridine rings is 1. The van der Waals surface area contributed by atoms with Crippen LogP contribution in [0, 0.1) is 0 Å². The maximum Gasteiger partial charge on any atom is 0.379 e. The van der Waals surface area contributed by atoms with E-state index < -0.39 is 5.63 Å². The van der Waals surface area contributed by atoms with Crippen molar-refractivity contribution < 1.29 is 9.15 Å². The average Bonchev–Trinajstić information content (AvgIpc) is 2.90. The number of rotatable bonds is 9. The molecule has 0 atom stereocenters. The topological polar surface area (TPSA) is 67.6 Å². The lowest BCUT2D eigenvalue weighted by Gasteiger charge is -2.32. The Labute approximate surface area is 205 Å². The summed E-state index contributed by atoms with van der Waals surface area (Å²) in [5, 5.41) is 4.49. The highest BCUT2D eigenvalue weighted by Gasteiger charge is 2.18. The molecule has 0 radical (unpaired) electrons. The molecule has 4 aromatic rings. The van der Waals surface area contributed by atoms with Crippen LogP contribution in [0.3, 0.4) is 0 Å². The Morgan fingerprint density at radius 1 is 0.971 bits per heavy atom. The molecule has 3 heterocycles. The summed E-state index contributed by atoms with van der Waals surface area (Å²) in [5.41, 5.74) is 3.50. The van der Waals surface area contributed by atoms with Crippen LogP contribution in [-0.4, -0.2) is 42.2 Å². The molecule has 0 unspecified atom stereocenters. The van der Waals surface area contributed by atoms with E-state index in [1.807, 2.05) is 30.3 Å². The molecule has 1 N–H and O–H groups in total. The van der Waals surface area contributed by atoms with E-state index in [0.29, 0.717) is 18.2 Å². The maximum absolute atomic E-state index is 12.4. The van der Waals surface area contributed by atoms with Crippen molar-refractivity contribution in [3.8, 4) is 16.9 Å². The molecule has 0 amide bonds. The Balaban J connectivity index is 1.06. The molecule has 2 aromatic carbocycles. The Hall–Kier alpha value is -3.48. The second-order valence-corrected chi connectivity index (χ2v) is 9.08. The van der Waals surface area contributed by atoms with E-state index in [4.69, 9.17) is 9.15 Å². The Kier molecular flexibility index (Phi) is 7.51. The van der Waals surface area contributed by atoms with Gasteiger partial charge in [0.2, 0.25) is 5.75 Å². The number of nitrogens with one attached hydrogen (secondary N) is 1. The van der Waals surface area contributed by atoms with Crippen molar-refractivity contribution in [2.24, 2.45) is 0 Å². The van der Waals surface area contributed by atoms with Crippen LogP contribution >= 0.6 is 0 Å². The molecule has 1 fully saturated rings. The van der Waals surface area contributed by atoms with E-state index in [1.54, 1.807) is 18.5 Å². The lowest BCUT2D eigenvalue weighted by molar-refractivity contribution is 0.189. The predicted octanol–water partition coefficient (Wildman–Crippen LogP) is 4.88. The molecular formula is C29H31N3O3. The Bertz CT molecular complexity index is 1280. The first kappa shape index (κ1) is 23.3. The lowest BCUT2D eigenvalue weighted by atomic mass is 10.0. The van der Waals surface area contributed by atoms with Gasteiger partial charge in [0.1, 0.15) is 5.58 Å². The van der Waals surface area contributed by atoms with Crippen LogP contribution in [-0.2, 0) is 6.54 Å². The molecule has 1 aliphatic heterocycles. The van der Waals surface area contributed by atoms with Gasteiger partial charge in [0.15, 0.2) is 0 Å². The molecular weight excluding hydrogens is 438 g/mol. The average molecular weight is 470 g/mol. The zero-order chi connectivity index (χ0) is 23.9. The Morgan fingerprint density at radius 3 is 2.57 bits per heavy atom. The third-order valence-electron chi connectivity index (χ3n) is 6.57. The fourth-order valence-corrected chi connectivity index (χ4v) is 4.61. The zero-order valence-electron chi connectivity index (χ0n) is 19.9. The van der Waals surface area contributed by atoms with Crippen molar-refractivity contribution in [2.45, 2.75) is 31.8 Å². The predicted molar refractivity (Wildman–Crippen MR) is 139 cm³/mol. The number of hydrogen-bond acceptors (Lipinski definition) is 6. The number of ether oxygens (including phenoxy) is 1. The fraction of sp³-hybridized carbons (Fsp3) is 0.310. The second-order valence-electron chi connectivity index (χ2n) is 9.08. The minimum absolute atomic E-state index is 0.267. The van der Waals surface area contributed by atoms with Gasteiger partial charge in [0.25, 0.3) is 0 Å². The fourth-order valence-electron chi connectivity index (χ4n) is 4.61. The number of benzene rings is 2. The van der Waals surface area contributed by atoms with Crippen LogP contribution in [0.5, 0.6) is 5.75 Å². The molecule has 0 saturated carbocycles. The molecule has 6 nitrogen and oxygen atoms in total. The summed E-state index contributed by atoms with van der Waals surface area (Å²) in [7, 11) is 0. The van der Waals surface area contributed by atoms with Gasteiger partial charge in [-0.1, -0.05) is 42.5 Å². The summed E-state index contributed by atoms with van der Waals surface area (Å²) in [5.74, 6) is 0.267. The number of likely N-dealkylation sites (tertiary alicyclic amines) is 1. The maximum atomic E-state index is 12.4. The molecule has 180 valence electrons. The number of fused-ring (bicyclic) bond motifs is 1. The van der Waals surface area contributed by atoms with Gasteiger partial charge in [0.05, 0.1) is 6.61 Å². The molecule has 0 aliphatic carbocycles. The van der Waals surface area contributed by atoms with Crippen molar-refractivity contribution >= 4 is 11.0 Å². The van der Waals surface area contributed by atoms with Crippen LogP contribution in [0.25, 0.3) is 22.1 Å². The summed E-state index contributed by atoms with van der Waals surface area (Å²) in [4.78, 5) is 19.0. The summed E-state index contributed by atoms with van der Waals surface area (Å²) in [6.07, 6.45) is 6.64. The highest BCUT2D eigenvalue weighted by molar-refractivity contribution is 5.83. The highest BCUT2D eigenvalue weighted by Crippen LogP contribution is 2.25. The Morgan fingerprint density at radius 2 is 1.77 bits per heavy atom. The van der Waals surface area contributed by atoms with Crippen molar-refractivity contribution in [1.82, 2.24) is 15.2 Å². The zero-order valence-corrected chi connectivity index (χ0v) is 19.9. The summed E-state index contributed by atoms with van der Waals surface area (Å²) in [6, 6.07) is 22.7. The van der Waals surface area contributed by atoms with E-state index in [2.05, 4.69) is 45.5 Å². The van der Waals surface area contributed by atoms with Gasteiger partial charge >= 0.3 is 5.63 Å². The first-order chi connectivity index (χ1) is 17.2. The van der Waals surface area contributed by atoms with E-state index in [9.17, 15) is 4.79 Å².